The van der Waals surface area contributed by atoms with E-state index in [0.29, 0.717) is 6.54 Å². The van der Waals surface area contributed by atoms with Crippen LogP contribution in [0.5, 0.6) is 0 Å². The predicted molar refractivity (Wildman–Crippen MR) is 67.6 cm³/mol. The largest absolute Gasteiger partial charge is 0.480 e. The molecule has 0 spiro atoms. The standard InChI is InChI=1S/C12H18N4O3/c1-9(7-15-6-2-5-13-15)14-12(19)16(8-11(17)18)10-3-4-10/h2,5-6,9-10H,3-4,7-8H2,1H3,(H,14,19)(H,17,18). The van der Waals surface area contributed by atoms with Crippen LogP contribution in [0.1, 0.15) is 19.8 Å². The van der Waals surface area contributed by atoms with Crippen LogP contribution in [0.3, 0.4) is 0 Å². The van der Waals surface area contributed by atoms with Gasteiger partial charge < -0.3 is 15.3 Å². The van der Waals surface area contributed by atoms with Crippen molar-refractivity contribution in [3.05, 3.63) is 18.5 Å². The molecule has 19 heavy (non-hydrogen) atoms. The third-order valence-corrected chi connectivity index (χ3v) is 2.94. The number of aliphatic carboxylic acids is 1. The minimum atomic E-state index is -0.984. The average molecular weight is 266 g/mol. The van der Waals surface area contributed by atoms with Gasteiger partial charge in [-0.1, -0.05) is 0 Å². The number of nitrogens with zero attached hydrogens (tertiary/aromatic N) is 3. The number of hydrogen-bond acceptors (Lipinski definition) is 3. The molecule has 0 bridgehead atoms. The normalized spacial score (nSPS) is 15.8. The van der Waals surface area contributed by atoms with Crippen LogP contribution in [0.15, 0.2) is 18.5 Å². The minimum Gasteiger partial charge on any atom is -0.480 e. The van der Waals surface area contributed by atoms with E-state index < -0.39 is 5.97 Å². The highest BCUT2D eigenvalue weighted by Crippen LogP contribution is 2.26. The number of nitrogens with one attached hydrogen (secondary N) is 1. The second-order valence-corrected chi connectivity index (χ2v) is 4.83. The van der Waals surface area contributed by atoms with Gasteiger partial charge in [-0.25, -0.2) is 4.79 Å². The molecule has 2 N–H and O–H groups in total. The third-order valence-electron chi connectivity index (χ3n) is 2.94. The molecule has 1 aromatic heterocycles. The average Bonchev–Trinajstić information content (AvgIpc) is 3.04. The molecule has 1 atom stereocenters. The molecule has 0 radical (unpaired) electrons. The van der Waals surface area contributed by atoms with E-state index in [1.54, 1.807) is 10.9 Å². The SMILES string of the molecule is CC(Cn1cccn1)NC(=O)N(CC(=O)O)C1CC1. The Morgan fingerprint density at radius 1 is 1.58 bits per heavy atom. The Bertz CT molecular complexity index is 442. The van der Waals surface area contributed by atoms with E-state index in [-0.39, 0.29) is 24.7 Å². The number of carbonyl (C=O) groups is 2. The van der Waals surface area contributed by atoms with E-state index >= 15 is 0 Å². The van der Waals surface area contributed by atoms with Gasteiger partial charge in [0, 0.05) is 24.5 Å². The molecule has 1 saturated carbocycles. The van der Waals surface area contributed by atoms with E-state index in [9.17, 15) is 9.59 Å². The van der Waals surface area contributed by atoms with Crippen LogP contribution < -0.4 is 5.32 Å². The summed E-state index contributed by atoms with van der Waals surface area (Å²) in [5.41, 5.74) is 0. The summed E-state index contributed by atoms with van der Waals surface area (Å²) in [6.45, 7) is 2.18. The van der Waals surface area contributed by atoms with Gasteiger partial charge in [0.2, 0.25) is 0 Å². The smallest absolute Gasteiger partial charge is 0.323 e. The summed E-state index contributed by atoms with van der Waals surface area (Å²) in [7, 11) is 0. The van der Waals surface area contributed by atoms with Crippen LogP contribution >= 0.6 is 0 Å². The zero-order valence-electron chi connectivity index (χ0n) is 10.8. The van der Waals surface area contributed by atoms with Crippen LogP contribution in [0.25, 0.3) is 0 Å². The van der Waals surface area contributed by atoms with Crippen molar-refractivity contribution in [3.63, 3.8) is 0 Å². The Kier molecular flexibility index (Phi) is 4.03. The topological polar surface area (TPSA) is 87.5 Å². The maximum atomic E-state index is 12.0. The Morgan fingerprint density at radius 3 is 2.84 bits per heavy atom. The summed E-state index contributed by atoms with van der Waals surface area (Å²) in [5.74, 6) is -0.984. The maximum Gasteiger partial charge on any atom is 0.323 e. The number of carboxylic acid groups (broad SMARTS) is 1. The highest BCUT2D eigenvalue weighted by atomic mass is 16.4. The lowest BCUT2D eigenvalue weighted by atomic mass is 10.3. The van der Waals surface area contributed by atoms with Crippen molar-refractivity contribution in [1.82, 2.24) is 20.0 Å². The zero-order valence-corrected chi connectivity index (χ0v) is 10.8. The molecule has 1 unspecified atom stereocenters. The van der Waals surface area contributed by atoms with Gasteiger partial charge in [-0.2, -0.15) is 5.10 Å². The lowest BCUT2D eigenvalue weighted by molar-refractivity contribution is -0.137. The van der Waals surface area contributed by atoms with Gasteiger partial charge in [-0.15, -0.1) is 0 Å². The highest BCUT2D eigenvalue weighted by molar-refractivity contribution is 5.80. The fourth-order valence-electron chi connectivity index (χ4n) is 1.93. The summed E-state index contributed by atoms with van der Waals surface area (Å²) in [5, 5.41) is 15.7. The number of aromatic nitrogens is 2. The van der Waals surface area contributed by atoms with Gasteiger partial charge in [0.15, 0.2) is 0 Å². The second kappa shape index (κ2) is 5.73. The van der Waals surface area contributed by atoms with Gasteiger partial charge in [0.25, 0.3) is 0 Å². The van der Waals surface area contributed by atoms with Crippen LogP contribution in [-0.4, -0.2) is 50.4 Å². The van der Waals surface area contributed by atoms with Crippen molar-refractivity contribution in [3.8, 4) is 0 Å². The maximum absolute atomic E-state index is 12.0. The molecule has 7 nitrogen and oxygen atoms in total. The van der Waals surface area contributed by atoms with Crippen LogP contribution in [-0.2, 0) is 11.3 Å². The molecule has 0 aliphatic heterocycles. The Hall–Kier alpha value is -2.05. The molecular formula is C12H18N4O3. The highest BCUT2D eigenvalue weighted by Gasteiger charge is 2.34. The Morgan fingerprint density at radius 2 is 2.32 bits per heavy atom. The van der Waals surface area contributed by atoms with E-state index in [1.165, 1.54) is 4.90 Å². The van der Waals surface area contributed by atoms with E-state index in [0.717, 1.165) is 12.8 Å². The van der Waals surface area contributed by atoms with Crippen molar-refractivity contribution in [2.24, 2.45) is 0 Å². The van der Waals surface area contributed by atoms with Gasteiger partial charge in [-0.05, 0) is 25.8 Å². The summed E-state index contributed by atoms with van der Waals surface area (Å²) in [4.78, 5) is 24.2. The second-order valence-electron chi connectivity index (χ2n) is 4.83. The van der Waals surface area contributed by atoms with Gasteiger partial charge >= 0.3 is 12.0 Å². The van der Waals surface area contributed by atoms with Gasteiger partial charge in [-0.3, -0.25) is 9.48 Å². The molecule has 104 valence electrons. The molecule has 1 aliphatic rings. The van der Waals surface area contributed by atoms with E-state index in [2.05, 4.69) is 10.4 Å². The fourth-order valence-corrected chi connectivity index (χ4v) is 1.93. The summed E-state index contributed by atoms with van der Waals surface area (Å²) >= 11 is 0. The molecule has 0 saturated heterocycles. The molecule has 1 aliphatic carbocycles. The summed E-state index contributed by atoms with van der Waals surface area (Å²) in [6, 6.07) is 1.47. The quantitative estimate of drug-likeness (QED) is 0.786. The monoisotopic (exact) mass is 266 g/mol. The first-order valence-corrected chi connectivity index (χ1v) is 6.32. The number of carboxylic acids is 1. The number of rotatable bonds is 6. The van der Waals surface area contributed by atoms with Crippen LogP contribution in [0.4, 0.5) is 4.79 Å². The molecule has 2 rings (SSSR count). The fraction of sp³-hybridized carbons (Fsp3) is 0.583. The summed E-state index contributed by atoms with van der Waals surface area (Å²) in [6.07, 6.45) is 5.26. The lowest BCUT2D eigenvalue weighted by Gasteiger charge is -2.23. The minimum absolute atomic E-state index is 0.0769. The van der Waals surface area contributed by atoms with Crippen LogP contribution in [0.2, 0.25) is 0 Å². The molecule has 7 heteroatoms. The molecule has 1 fully saturated rings. The van der Waals surface area contributed by atoms with Crippen LogP contribution in [0, 0.1) is 0 Å². The molecular weight excluding hydrogens is 248 g/mol. The van der Waals surface area contributed by atoms with Crippen molar-refractivity contribution in [2.75, 3.05) is 6.54 Å². The van der Waals surface area contributed by atoms with Gasteiger partial charge in [0.05, 0.1) is 6.54 Å². The first-order chi connectivity index (χ1) is 9.06. The van der Waals surface area contributed by atoms with Crippen molar-refractivity contribution in [2.45, 2.75) is 38.4 Å². The van der Waals surface area contributed by atoms with E-state index in [1.807, 2.05) is 19.2 Å². The van der Waals surface area contributed by atoms with Gasteiger partial charge in [0.1, 0.15) is 6.54 Å². The third kappa shape index (κ3) is 3.97. The zero-order chi connectivity index (χ0) is 13.8. The first kappa shape index (κ1) is 13.4. The lowest BCUT2D eigenvalue weighted by Crippen LogP contribution is -2.48. The molecule has 0 aromatic carbocycles. The first-order valence-electron chi connectivity index (χ1n) is 6.32. The van der Waals surface area contributed by atoms with E-state index in [4.69, 9.17) is 5.11 Å². The van der Waals surface area contributed by atoms with Crippen molar-refractivity contribution in [1.29, 1.82) is 0 Å². The number of amides is 2. The number of carbonyl (C=O) groups excluding carboxylic acids is 1. The molecule has 1 heterocycles. The summed E-state index contributed by atoms with van der Waals surface area (Å²) < 4.78 is 1.73. The van der Waals surface area contributed by atoms with Crippen molar-refractivity contribution >= 4 is 12.0 Å². The molecule has 1 aromatic rings. The number of urea groups is 1. The Labute approximate surface area is 111 Å². The predicted octanol–water partition coefficient (Wildman–Crippen LogP) is 0.530. The number of hydrogen-bond donors (Lipinski definition) is 2. The molecule has 2 amide bonds. The van der Waals surface area contributed by atoms with Crippen molar-refractivity contribution < 1.29 is 14.7 Å². The Balaban J connectivity index is 1.85.